The number of anilines is 1. The maximum absolute atomic E-state index is 15.0. The second-order valence-corrected chi connectivity index (χ2v) is 8.08. The van der Waals surface area contributed by atoms with Crippen LogP contribution >= 0.6 is 11.3 Å². The molecule has 0 atom stereocenters. The number of guanidine groups is 1. The van der Waals surface area contributed by atoms with Crippen molar-refractivity contribution >= 4 is 55.1 Å². The van der Waals surface area contributed by atoms with Crippen LogP contribution in [-0.4, -0.2) is 47.6 Å². The molecular weight excluding hydrogens is 423 g/mol. The Bertz CT molecular complexity index is 1440. The Balaban J connectivity index is 1.89. The fraction of sp³-hybridized carbons (Fsp3) is 0.200. The predicted molar refractivity (Wildman–Crippen MR) is 117 cm³/mol. The number of amides is 1. The minimum absolute atomic E-state index is 0.0238. The van der Waals surface area contributed by atoms with Crippen molar-refractivity contribution < 1.29 is 13.9 Å². The lowest BCUT2D eigenvalue weighted by molar-refractivity contribution is 0.0977. The molecular formula is C20H17FN6O3S. The molecule has 4 heterocycles. The Morgan fingerprint density at radius 2 is 2.03 bits per heavy atom. The van der Waals surface area contributed by atoms with E-state index in [0.717, 1.165) is 16.3 Å². The van der Waals surface area contributed by atoms with Crippen LogP contribution in [0.15, 0.2) is 35.1 Å². The molecule has 0 spiro atoms. The van der Waals surface area contributed by atoms with Gasteiger partial charge in [-0.2, -0.15) is 0 Å². The number of thiazole rings is 1. The van der Waals surface area contributed by atoms with Crippen LogP contribution in [0.25, 0.3) is 26.1 Å². The Labute approximate surface area is 178 Å². The third-order valence-electron chi connectivity index (χ3n) is 5.14. The van der Waals surface area contributed by atoms with Crippen LogP contribution in [0.3, 0.4) is 0 Å². The maximum Gasteiger partial charge on any atom is 0.264 e. The summed E-state index contributed by atoms with van der Waals surface area (Å²) in [5.74, 6) is -1.92. The number of para-hydroxylation sites is 1. The molecule has 1 aliphatic heterocycles. The van der Waals surface area contributed by atoms with Crippen molar-refractivity contribution in [3.05, 3.63) is 51.9 Å². The molecule has 31 heavy (non-hydrogen) atoms. The van der Waals surface area contributed by atoms with Crippen molar-refractivity contribution in [3.8, 4) is 0 Å². The molecule has 1 amide bonds. The summed E-state index contributed by atoms with van der Waals surface area (Å²) >= 11 is 1.24. The van der Waals surface area contributed by atoms with E-state index in [4.69, 9.17) is 15.9 Å². The van der Waals surface area contributed by atoms with E-state index in [1.165, 1.54) is 11.3 Å². The average molecular weight is 440 g/mol. The van der Waals surface area contributed by atoms with Gasteiger partial charge in [-0.3, -0.25) is 24.7 Å². The number of hydrogen-bond donors (Lipinski definition) is 3. The van der Waals surface area contributed by atoms with Crippen LogP contribution in [0.2, 0.25) is 0 Å². The van der Waals surface area contributed by atoms with Crippen LogP contribution in [0, 0.1) is 11.2 Å². The SMILES string of the molecule is N=C(N)NC(=O)c1c(=O)c2cc(F)c(N3CCOCC3)nc2n2c1sc1ccccc12. The van der Waals surface area contributed by atoms with E-state index in [1.54, 1.807) is 9.30 Å². The highest BCUT2D eigenvalue weighted by Crippen LogP contribution is 2.32. The standard InChI is InChI=1S/C20H17FN6O3S/c21-11-9-10-15(28)14(18(29)25-20(22)23)19-27(12-3-1-2-4-13(12)31-19)16(10)24-17(11)26-5-7-30-8-6-26/h1-4,9H,5-8H2,(H4,22,23,25,29). The van der Waals surface area contributed by atoms with Gasteiger partial charge in [-0.05, 0) is 18.2 Å². The van der Waals surface area contributed by atoms with Crippen LogP contribution in [0.4, 0.5) is 10.2 Å². The third-order valence-corrected chi connectivity index (χ3v) is 6.28. The van der Waals surface area contributed by atoms with Crippen LogP contribution in [0.5, 0.6) is 0 Å². The average Bonchev–Trinajstić information content (AvgIpc) is 3.13. The number of rotatable bonds is 2. The number of halogens is 1. The molecule has 0 radical (unpaired) electrons. The molecule has 0 bridgehead atoms. The molecule has 1 aliphatic rings. The number of fused-ring (bicyclic) bond motifs is 5. The number of nitrogens with zero attached hydrogens (tertiary/aromatic N) is 3. The second kappa shape index (κ2) is 7.29. The summed E-state index contributed by atoms with van der Waals surface area (Å²) in [5.41, 5.74) is 5.42. The number of benzene rings is 1. The second-order valence-electron chi connectivity index (χ2n) is 7.05. The van der Waals surface area contributed by atoms with E-state index in [9.17, 15) is 9.59 Å². The fourth-order valence-corrected chi connectivity index (χ4v) is 4.96. The smallest absolute Gasteiger partial charge is 0.264 e. The lowest BCUT2D eigenvalue weighted by Crippen LogP contribution is -2.38. The maximum atomic E-state index is 15.0. The van der Waals surface area contributed by atoms with Gasteiger partial charge >= 0.3 is 0 Å². The van der Waals surface area contributed by atoms with E-state index >= 15 is 4.39 Å². The number of hydrogen-bond acceptors (Lipinski definition) is 7. The molecule has 0 unspecified atom stereocenters. The van der Waals surface area contributed by atoms with Crippen molar-refractivity contribution in [2.45, 2.75) is 0 Å². The molecule has 5 rings (SSSR count). The van der Waals surface area contributed by atoms with Gasteiger partial charge in [0.25, 0.3) is 5.91 Å². The fourth-order valence-electron chi connectivity index (χ4n) is 3.78. The Hall–Kier alpha value is -3.57. The van der Waals surface area contributed by atoms with E-state index in [1.807, 2.05) is 24.3 Å². The molecule has 1 fully saturated rings. The minimum atomic E-state index is -0.818. The van der Waals surface area contributed by atoms with Gasteiger partial charge in [0.15, 0.2) is 23.2 Å². The van der Waals surface area contributed by atoms with E-state index in [0.29, 0.717) is 31.1 Å². The van der Waals surface area contributed by atoms with Gasteiger partial charge in [-0.25, -0.2) is 9.37 Å². The molecule has 1 saturated heterocycles. The summed E-state index contributed by atoms with van der Waals surface area (Å²) in [4.78, 5) is 32.7. The van der Waals surface area contributed by atoms with Crippen LogP contribution in [-0.2, 0) is 4.74 Å². The van der Waals surface area contributed by atoms with Gasteiger partial charge in [0.2, 0.25) is 5.43 Å². The van der Waals surface area contributed by atoms with Crippen molar-refractivity contribution in [3.63, 3.8) is 0 Å². The Morgan fingerprint density at radius 3 is 2.77 bits per heavy atom. The first-order valence-corrected chi connectivity index (χ1v) is 10.3. The number of aromatic nitrogens is 2. The van der Waals surface area contributed by atoms with Gasteiger partial charge < -0.3 is 15.4 Å². The Morgan fingerprint density at radius 1 is 1.29 bits per heavy atom. The lowest BCUT2D eigenvalue weighted by Gasteiger charge is -2.28. The Kier molecular flexibility index (Phi) is 4.56. The first kappa shape index (κ1) is 19.4. The summed E-state index contributed by atoms with van der Waals surface area (Å²) in [6.45, 7) is 1.88. The summed E-state index contributed by atoms with van der Waals surface area (Å²) in [6.07, 6.45) is 0. The highest BCUT2D eigenvalue weighted by Gasteiger charge is 2.25. The number of nitrogens with two attached hydrogens (primary N) is 1. The van der Waals surface area contributed by atoms with E-state index < -0.39 is 23.1 Å². The predicted octanol–water partition coefficient (Wildman–Crippen LogP) is 1.66. The molecule has 9 nitrogen and oxygen atoms in total. The minimum Gasteiger partial charge on any atom is -0.378 e. The molecule has 158 valence electrons. The number of morpholine rings is 1. The van der Waals surface area contributed by atoms with Crippen molar-refractivity contribution in [1.29, 1.82) is 5.41 Å². The number of pyridine rings is 2. The van der Waals surface area contributed by atoms with Gasteiger partial charge in [0.05, 0.1) is 28.8 Å². The first-order valence-electron chi connectivity index (χ1n) is 9.50. The van der Waals surface area contributed by atoms with Gasteiger partial charge in [-0.15, -0.1) is 11.3 Å². The normalized spacial score (nSPS) is 14.4. The van der Waals surface area contributed by atoms with Gasteiger partial charge in [0.1, 0.15) is 10.4 Å². The van der Waals surface area contributed by atoms with E-state index in [2.05, 4.69) is 10.3 Å². The topological polar surface area (TPSA) is 126 Å². The largest absolute Gasteiger partial charge is 0.378 e. The number of nitrogens with one attached hydrogen (secondary N) is 2. The molecule has 4 aromatic rings. The highest BCUT2D eigenvalue weighted by molar-refractivity contribution is 7.24. The number of ether oxygens (including phenoxy) is 1. The van der Waals surface area contributed by atoms with Crippen molar-refractivity contribution in [1.82, 2.24) is 14.7 Å². The molecule has 3 aromatic heterocycles. The quantitative estimate of drug-likeness (QED) is 0.322. The van der Waals surface area contributed by atoms with Gasteiger partial charge in [0, 0.05) is 13.1 Å². The summed E-state index contributed by atoms with van der Waals surface area (Å²) < 4.78 is 22.9. The highest BCUT2D eigenvalue weighted by atomic mass is 32.1. The van der Waals surface area contributed by atoms with Crippen molar-refractivity contribution in [2.24, 2.45) is 5.73 Å². The summed E-state index contributed by atoms with van der Waals surface area (Å²) in [5, 5.41) is 9.49. The first-order chi connectivity index (χ1) is 15.0. The van der Waals surface area contributed by atoms with Crippen LogP contribution < -0.4 is 21.4 Å². The summed E-state index contributed by atoms with van der Waals surface area (Å²) in [7, 11) is 0. The number of carbonyl (C=O) groups excluding carboxylic acids is 1. The summed E-state index contributed by atoms with van der Waals surface area (Å²) in [6, 6.07) is 8.51. The zero-order chi connectivity index (χ0) is 21.7. The van der Waals surface area contributed by atoms with Crippen molar-refractivity contribution in [2.75, 3.05) is 31.2 Å². The van der Waals surface area contributed by atoms with E-state index in [-0.39, 0.29) is 22.4 Å². The van der Waals surface area contributed by atoms with Crippen LogP contribution in [0.1, 0.15) is 10.4 Å². The zero-order valence-corrected chi connectivity index (χ0v) is 17.0. The molecule has 1 aromatic carbocycles. The molecule has 0 aliphatic carbocycles. The molecule has 0 saturated carbocycles. The molecule has 4 N–H and O–H groups in total. The monoisotopic (exact) mass is 440 g/mol. The lowest BCUT2D eigenvalue weighted by atomic mass is 10.1. The number of carbonyl (C=O) groups is 1. The third kappa shape index (κ3) is 3.09. The zero-order valence-electron chi connectivity index (χ0n) is 16.1. The molecule has 11 heteroatoms. The van der Waals surface area contributed by atoms with Gasteiger partial charge in [-0.1, -0.05) is 12.1 Å².